The lowest BCUT2D eigenvalue weighted by Gasteiger charge is -2.28. The van der Waals surface area contributed by atoms with Crippen molar-refractivity contribution in [2.45, 2.75) is 45.4 Å². The molecule has 5 rings (SSSR count). The Kier molecular flexibility index (Phi) is 5.79. The molecule has 172 valence electrons. The third-order valence-corrected chi connectivity index (χ3v) is 5.94. The molecule has 0 spiro atoms. The second-order valence-electron chi connectivity index (χ2n) is 8.62. The highest BCUT2D eigenvalue weighted by Gasteiger charge is 2.26. The van der Waals surface area contributed by atoms with Gasteiger partial charge in [-0.15, -0.1) is 0 Å². The zero-order valence-corrected chi connectivity index (χ0v) is 19.2. The van der Waals surface area contributed by atoms with E-state index in [1.165, 1.54) is 0 Å². The summed E-state index contributed by atoms with van der Waals surface area (Å²) in [6.45, 7) is 4.13. The van der Waals surface area contributed by atoms with E-state index in [-0.39, 0.29) is 11.9 Å². The molecule has 4 aromatic rings. The molecule has 0 unspecified atom stereocenters. The summed E-state index contributed by atoms with van der Waals surface area (Å²) in [7, 11) is 0. The second kappa shape index (κ2) is 9.05. The molecule has 1 aliphatic rings. The zero-order valence-electron chi connectivity index (χ0n) is 19.2. The van der Waals surface area contributed by atoms with Crippen LogP contribution in [0.1, 0.15) is 53.2 Å². The third kappa shape index (κ3) is 4.66. The van der Waals surface area contributed by atoms with E-state index in [1.807, 2.05) is 44.2 Å². The number of nitrogens with two attached hydrogens (primary N) is 1. The lowest BCUT2D eigenvalue weighted by molar-refractivity contribution is 0.0663. The fraction of sp³-hybridized carbons (Fsp3) is 0.269. The molecule has 0 bridgehead atoms. The fourth-order valence-electron chi connectivity index (χ4n) is 3.77. The van der Waals surface area contributed by atoms with Crippen LogP contribution < -0.4 is 10.5 Å². The summed E-state index contributed by atoms with van der Waals surface area (Å²) >= 11 is 0. The van der Waals surface area contributed by atoms with Gasteiger partial charge in [0.1, 0.15) is 17.4 Å². The highest BCUT2D eigenvalue weighted by molar-refractivity contribution is 5.98. The molecule has 1 aromatic carbocycles. The Morgan fingerprint density at radius 1 is 1.15 bits per heavy atom. The van der Waals surface area contributed by atoms with Crippen molar-refractivity contribution in [2.75, 3.05) is 5.73 Å². The van der Waals surface area contributed by atoms with Crippen LogP contribution in [0.3, 0.4) is 0 Å². The number of nitrogen functional groups attached to an aromatic ring is 1. The van der Waals surface area contributed by atoms with E-state index >= 15 is 0 Å². The molecule has 2 N–H and O–H groups in total. The Labute approximate surface area is 197 Å². The largest absolute Gasteiger partial charge is 0.489 e. The van der Waals surface area contributed by atoms with E-state index < -0.39 is 0 Å². The molecule has 1 atom stereocenters. The van der Waals surface area contributed by atoms with Gasteiger partial charge in [-0.2, -0.15) is 0 Å². The van der Waals surface area contributed by atoms with Crippen molar-refractivity contribution < 1.29 is 9.53 Å². The van der Waals surface area contributed by atoms with Crippen molar-refractivity contribution in [3.8, 4) is 5.75 Å². The number of rotatable bonds is 7. The standard InChI is InChI=1S/C26H26N6O2/c1-16-12-19-13-18(4-9-23(19)31-24(16)27)26(33)32(17(2)25-28-10-3-11-29-25)15-20-5-6-22(14-30-20)34-21-7-8-21/h3-6,9-14,17,21H,7-8,15H2,1-2H3,(H2,27,31)/t17-/m1/s1. The number of benzene rings is 1. The van der Waals surface area contributed by atoms with Crippen LogP contribution >= 0.6 is 0 Å². The number of fused-ring (bicyclic) bond motifs is 1. The van der Waals surface area contributed by atoms with Crippen LogP contribution in [0, 0.1) is 6.92 Å². The molecule has 3 heterocycles. The molecule has 1 amide bonds. The number of aryl methyl sites for hydroxylation is 1. The van der Waals surface area contributed by atoms with Crippen molar-refractivity contribution in [2.24, 2.45) is 0 Å². The number of amides is 1. The predicted molar refractivity (Wildman–Crippen MR) is 129 cm³/mol. The monoisotopic (exact) mass is 454 g/mol. The number of hydrogen-bond acceptors (Lipinski definition) is 7. The molecule has 1 fully saturated rings. The van der Waals surface area contributed by atoms with Gasteiger partial charge in [-0.3, -0.25) is 9.78 Å². The van der Waals surface area contributed by atoms with Gasteiger partial charge < -0.3 is 15.4 Å². The Bertz CT molecular complexity index is 1320. The summed E-state index contributed by atoms with van der Waals surface area (Å²) in [6.07, 6.45) is 7.56. The van der Waals surface area contributed by atoms with Gasteiger partial charge in [-0.05, 0) is 74.7 Å². The van der Waals surface area contributed by atoms with Gasteiger partial charge in [0.2, 0.25) is 0 Å². The summed E-state index contributed by atoms with van der Waals surface area (Å²) in [5.74, 6) is 1.66. The summed E-state index contributed by atoms with van der Waals surface area (Å²) in [5.41, 5.74) is 8.87. The van der Waals surface area contributed by atoms with Crippen molar-refractivity contribution in [1.29, 1.82) is 0 Å². The van der Waals surface area contributed by atoms with Crippen molar-refractivity contribution in [3.63, 3.8) is 0 Å². The normalized spacial score (nSPS) is 14.1. The average Bonchev–Trinajstić information content (AvgIpc) is 3.68. The Morgan fingerprint density at radius 2 is 1.94 bits per heavy atom. The minimum atomic E-state index is -0.361. The number of pyridine rings is 2. The highest BCUT2D eigenvalue weighted by Crippen LogP contribution is 2.27. The van der Waals surface area contributed by atoms with Crippen molar-refractivity contribution >= 4 is 22.6 Å². The smallest absolute Gasteiger partial charge is 0.254 e. The number of nitrogens with zero attached hydrogens (tertiary/aromatic N) is 5. The number of carbonyl (C=O) groups excluding carboxylic acids is 1. The van der Waals surface area contributed by atoms with Crippen LogP contribution in [0.2, 0.25) is 0 Å². The molecule has 34 heavy (non-hydrogen) atoms. The van der Waals surface area contributed by atoms with E-state index in [9.17, 15) is 4.79 Å². The first-order valence-corrected chi connectivity index (χ1v) is 11.3. The van der Waals surface area contributed by atoms with E-state index in [2.05, 4.69) is 19.9 Å². The molecular weight excluding hydrogens is 428 g/mol. The Hall–Kier alpha value is -4.07. The zero-order chi connectivity index (χ0) is 23.7. The predicted octanol–water partition coefficient (Wildman–Crippen LogP) is 4.26. The molecule has 1 aliphatic carbocycles. The van der Waals surface area contributed by atoms with Crippen molar-refractivity contribution in [3.05, 3.63) is 83.7 Å². The topological polar surface area (TPSA) is 107 Å². The fourth-order valence-corrected chi connectivity index (χ4v) is 3.77. The maximum Gasteiger partial charge on any atom is 0.254 e. The van der Waals surface area contributed by atoms with E-state index in [1.54, 1.807) is 35.6 Å². The summed E-state index contributed by atoms with van der Waals surface area (Å²) < 4.78 is 5.80. The summed E-state index contributed by atoms with van der Waals surface area (Å²) in [6, 6.07) is 12.6. The van der Waals surface area contributed by atoms with E-state index in [0.29, 0.717) is 29.9 Å². The van der Waals surface area contributed by atoms with Gasteiger partial charge in [-0.1, -0.05) is 0 Å². The van der Waals surface area contributed by atoms with Crippen LogP contribution in [0.5, 0.6) is 5.75 Å². The van der Waals surface area contributed by atoms with Gasteiger partial charge >= 0.3 is 0 Å². The highest BCUT2D eigenvalue weighted by atomic mass is 16.5. The second-order valence-corrected chi connectivity index (χ2v) is 8.62. The SMILES string of the molecule is Cc1cc2cc(C(=O)N(Cc3ccc(OC4CC4)cn3)[C@H](C)c3ncccn3)ccc2nc1N. The summed E-state index contributed by atoms with van der Waals surface area (Å²) in [4.78, 5) is 33.2. The van der Waals surface area contributed by atoms with Gasteiger partial charge in [0.05, 0.1) is 36.1 Å². The first-order valence-electron chi connectivity index (χ1n) is 11.3. The Balaban J connectivity index is 1.46. The molecule has 8 nitrogen and oxygen atoms in total. The van der Waals surface area contributed by atoms with Crippen LogP contribution in [0.4, 0.5) is 5.82 Å². The van der Waals surface area contributed by atoms with Crippen LogP contribution in [0.25, 0.3) is 10.9 Å². The van der Waals surface area contributed by atoms with Crippen molar-refractivity contribution in [1.82, 2.24) is 24.8 Å². The lowest BCUT2D eigenvalue weighted by atomic mass is 10.1. The maximum atomic E-state index is 13.8. The third-order valence-electron chi connectivity index (χ3n) is 5.94. The minimum Gasteiger partial charge on any atom is -0.489 e. The Morgan fingerprint density at radius 3 is 2.65 bits per heavy atom. The number of hydrogen-bond donors (Lipinski definition) is 1. The van der Waals surface area contributed by atoms with E-state index in [4.69, 9.17) is 10.5 Å². The quantitative estimate of drug-likeness (QED) is 0.445. The first kappa shape index (κ1) is 21.8. The molecule has 0 saturated heterocycles. The summed E-state index contributed by atoms with van der Waals surface area (Å²) in [5, 5.41) is 0.862. The molecule has 1 saturated carbocycles. The average molecular weight is 455 g/mol. The van der Waals surface area contributed by atoms with Gasteiger partial charge in [-0.25, -0.2) is 15.0 Å². The van der Waals surface area contributed by atoms with Crippen LogP contribution in [-0.2, 0) is 6.54 Å². The van der Waals surface area contributed by atoms with Crippen LogP contribution in [0.15, 0.2) is 61.1 Å². The number of carbonyl (C=O) groups is 1. The number of ether oxygens (including phenoxy) is 1. The number of anilines is 1. The molecule has 0 radical (unpaired) electrons. The number of aromatic nitrogens is 4. The molecule has 8 heteroatoms. The lowest BCUT2D eigenvalue weighted by Crippen LogP contribution is -2.34. The van der Waals surface area contributed by atoms with Gasteiger partial charge in [0, 0.05) is 23.3 Å². The minimum absolute atomic E-state index is 0.142. The van der Waals surface area contributed by atoms with Crippen LogP contribution in [-0.4, -0.2) is 36.8 Å². The van der Waals surface area contributed by atoms with Gasteiger partial charge in [0.15, 0.2) is 0 Å². The molecule has 3 aromatic heterocycles. The van der Waals surface area contributed by atoms with E-state index in [0.717, 1.165) is 40.8 Å². The first-order chi connectivity index (χ1) is 16.5. The van der Waals surface area contributed by atoms with Gasteiger partial charge in [0.25, 0.3) is 5.91 Å². The maximum absolute atomic E-state index is 13.8. The molecule has 0 aliphatic heterocycles. The molecular formula is C26H26N6O2.